The zero-order valence-electron chi connectivity index (χ0n) is 9.32. The van der Waals surface area contributed by atoms with E-state index in [-0.39, 0.29) is 0 Å². The molecule has 86 valence electrons. The lowest BCUT2D eigenvalue weighted by Crippen LogP contribution is -2.54. The highest BCUT2D eigenvalue weighted by molar-refractivity contribution is 5.30. The van der Waals surface area contributed by atoms with Gasteiger partial charge in [0, 0.05) is 32.2 Å². The molecule has 16 heavy (non-hydrogen) atoms. The molecule has 1 unspecified atom stereocenters. The van der Waals surface area contributed by atoms with Crippen LogP contribution in [0.2, 0.25) is 0 Å². The van der Waals surface area contributed by atoms with Crippen molar-refractivity contribution in [3.05, 3.63) is 35.4 Å². The fourth-order valence-electron chi connectivity index (χ4n) is 2.62. The number of likely N-dealkylation sites (tertiary alicyclic amines) is 1. The van der Waals surface area contributed by atoms with Crippen molar-refractivity contribution in [3.63, 3.8) is 0 Å². The third-order valence-corrected chi connectivity index (χ3v) is 3.56. The maximum absolute atomic E-state index is 12.7. The molecule has 1 saturated heterocycles. The Morgan fingerprint density at radius 1 is 1.25 bits per heavy atom. The largest absolute Gasteiger partial charge is 0.308 e. The molecule has 1 N–H and O–H groups in total. The van der Waals surface area contributed by atoms with Gasteiger partial charge in [-0.15, -0.1) is 0 Å². The van der Waals surface area contributed by atoms with Crippen molar-refractivity contribution in [1.29, 1.82) is 0 Å². The minimum Gasteiger partial charge on any atom is -0.308 e. The zero-order valence-corrected chi connectivity index (χ0v) is 9.32. The lowest BCUT2D eigenvalue weighted by atomic mass is 9.95. The summed E-state index contributed by atoms with van der Waals surface area (Å²) in [5.74, 6) is 0. The van der Waals surface area contributed by atoms with E-state index < -0.39 is 6.17 Å². The maximum Gasteiger partial charge on any atom is 0.125 e. The first kappa shape index (κ1) is 10.2. The van der Waals surface area contributed by atoms with Crippen molar-refractivity contribution in [1.82, 2.24) is 10.2 Å². The standard InChI is InChI=1S/C13H17FN2/c14-12-7-16(8-12)9-13-5-10-3-1-2-4-11(10)6-15-13/h1-4,12-13,15H,5-9H2. The molecular weight excluding hydrogens is 203 g/mol. The quantitative estimate of drug-likeness (QED) is 0.809. The molecule has 1 atom stereocenters. The lowest BCUT2D eigenvalue weighted by Gasteiger charge is -2.38. The van der Waals surface area contributed by atoms with Gasteiger partial charge in [-0.05, 0) is 17.5 Å². The predicted molar refractivity (Wildman–Crippen MR) is 62.1 cm³/mol. The van der Waals surface area contributed by atoms with Crippen LogP contribution in [0, 0.1) is 0 Å². The first-order chi connectivity index (χ1) is 7.81. The molecule has 2 aliphatic rings. The van der Waals surface area contributed by atoms with E-state index in [1.807, 2.05) is 0 Å². The highest BCUT2D eigenvalue weighted by Crippen LogP contribution is 2.18. The molecule has 1 fully saturated rings. The van der Waals surface area contributed by atoms with Crippen LogP contribution in [-0.4, -0.2) is 36.7 Å². The first-order valence-corrected chi connectivity index (χ1v) is 5.98. The van der Waals surface area contributed by atoms with Crippen LogP contribution >= 0.6 is 0 Å². The monoisotopic (exact) mass is 220 g/mol. The Morgan fingerprint density at radius 2 is 2.00 bits per heavy atom. The SMILES string of the molecule is FC1CN(CC2Cc3ccccc3CN2)C1. The lowest BCUT2D eigenvalue weighted by molar-refractivity contribution is 0.0561. The fraction of sp³-hybridized carbons (Fsp3) is 0.538. The first-order valence-electron chi connectivity index (χ1n) is 5.98. The van der Waals surface area contributed by atoms with Crippen LogP contribution in [0.4, 0.5) is 4.39 Å². The van der Waals surface area contributed by atoms with Gasteiger partial charge >= 0.3 is 0 Å². The van der Waals surface area contributed by atoms with Crippen LogP contribution in [0.1, 0.15) is 11.1 Å². The molecule has 2 nitrogen and oxygen atoms in total. The molecule has 0 amide bonds. The van der Waals surface area contributed by atoms with Gasteiger partial charge in [-0.3, -0.25) is 4.90 Å². The smallest absolute Gasteiger partial charge is 0.125 e. The highest BCUT2D eigenvalue weighted by atomic mass is 19.1. The minimum absolute atomic E-state index is 0.488. The molecule has 1 aromatic rings. The van der Waals surface area contributed by atoms with E-state index in [9.17, 15) is 4.39 Å². The van der Waals surface area contributed by atoms with Crippen molar-refractivity contribution >= 4 is 0 Å². The van der Waals surface area contributed by atoms with E-state index in [4.69, 9.17) is 0 Å². The molecule has 0 saturated carbocycles. The van der Waals surface area contributed by atoms with E-state index in [1.165, 1.54) is 11.1 Å². The van der Waals surface area contributed by atoms with Gasteiger partial charge in [0.05, 0.1) is 0 Å². The number of hydrogen-bond acceptors (Lipinski definition) is 2. The molecule has 2 aliphatic heterocycles. The van der Waals surface area contributed by atoms with Gasteiger partial charge in [-0.25, -0.2) is 4.39 Å². The number of fused-ring (bicyclic) bond motifs is 1. The number of halogens is 1. The van der Waals surface area contributed by atoms with Crippen molar-refractivity contribution in [2.24, 2.45) is 0 Å². The average Bonchev–Trinajstić information content (AvgIpc) is 2.27. The van der Waals surface area contributed by atoms with Crippen LogP contribution in [0.15, 0.2) is 24.3 Å². The molecule has 2 heterocycles. The second kappa shape index (κ2) is 4.15. The Bertz CT molecular complexity index is 374. The van der Waals surface area contributed by atoms with Gasteiger partial charge in [0.1, 0.15) is 6.17 Å². The van der Waals surface area contributed by atoms with Gasteiger partial charge in [0.2, 0.25) is 0 Å². The maximum atomic E-state index is 12.7. The van der Waals surface area contributed by atoms with Crippen LogP contribution in [-0.2, 0) is 13.0 Å². The average molecular weight is 220 g/mol. The summed E-state index contributed by atoms with van der Waals surface area (Å²) in [7, 11) is 0. The van der Waals surface area contributed by atoms with Crippen molar-refractivity contribution in [2.75, 3.05) is 19.6 Å². The van der Waals surface area contributed by atoms with Crippen LogP contribution in [0.5, 0.6) is 0 Å². The molecule has 3 rings (SSSR count). The van der Waals surface area contributed by atoms with Crippen molar-refractivity contribution in [3.8, 4) is 0 Å². The summed E-state index contributed by atoms with van der Waals surface area (Å²) in [5, 5.41) is 3.53. The second-order valence-corrected chi connectivity index (χ2v) is 4.87. The number of nitrogens with zero attached hydrogens (tertiary/aromatic N) is 1. The number of rotatable bonds is 2. The summed E-state index contributed by atoms with van der Waals surface area (Å²) < 4.78 is 12.7. The summed E-state index contributed by atoms with van der Waals surface area (Å²) in [6.45, 7) is 3.18. The molecule has 0 spiro atoms. The molecule has 0 radical (unpaired) electrons. The topological polar surface area (TPSA) is 15.3 Å². The van der Waals surface area contributed by atoms with Crippen molar-refractivity contribution in [2.45, 2.75) is 25.2 Å². The molecular formula is C13H17FN2. The molecule has 0 aliphatic carbocycles. The molecule has 1 aromatic carbocycles. The van der Waals surface area contributed by atoms with Gasteiger partial charge in [-0.2, -0.15) is 0 Å². The summed E-state index contributed by atoms with van der Waals surface area (Å²) in [6.07, 6.45) is 0.486. The van der Waals surface area contributed by atoms with E-state index in [0.717, 1.165) is 19.5 Å². The normalized spacial score (nSPS) is 26.2. The number of hydrogen-bond donors (Lipinski definition) is 1. The summed E-state index contributed by atoms with van der Waals surface area (Å²) in [4.78, 5) is 2.19. The predicted octanol–water partition coefficient (Wildman–Crippen LogP) is 1.35. The Balaban J connectivity index is 1.60. The number of nitrogens with one attached hydrogen (secondary N) is 1. The van der Waals surface area contributed by atoms with E-state index in [2.05, 4.69) is 34.5 Å². The molecule has 0 bridgehead atoms. The number of benzene rings is 1. The van der Waals surface area contributed by atoms with Gasteiger partial charge in [0.15, 0.2) is 0 Å². The molecule has 0 aromatic heterocycles. The zero-order chi connectivity index (χ0) is 11.0. The Kier molecular flexibility index (Phi) is 2.65. The Labute approximate surface area is 95.4 Å². The Morgan fingerprint density at radius 3 is 2.75 bits per heavy atom. The van der Waals surface area contributed by atoms with Crippen LogP contribution in [0.25, 0.3) is 0 Å². The second-order valence-electron chi connectivity index (χ2n) is 4.87. The van der Waals surface area contributed by atoms with E-state index in [1.54, 1.807) is 0 Å². The van der Waals surface area contributed by atoms with E-state index >= 15 is 0 Å². The van der Waals surface area contributed by atoms with Crippen LogP contribution in [0.3, 0.4) is 0 Å². The van der Waals surface area contributed by atoms with Gasteiger partial charge in [0.25, 0.3) is 0 Å². The van der Waals surface area contributed by atoms with Crippen molar-refractivity contribution < 1.29 is 4.39 Å². The molecule has 3 heteroatoms. The van der Waals surface area contributed by atoms with E-state index in [0.29, 0.717) is 19.1 Å². The summed E-state index contributed by atoms with van der Waals surface area (Å²) in [5.41, 5.74) is 2.86. The summed E-state index contributed by atoms with van der Waals surface area (Å²) in [6, 6.07) is 9.06. The van der Waals surface area contributed by atoms with Crippen LogP contribution < -0.4 is 5.32 Å². The third kappa shape index (κ3) is 1.97. The number of alkyl halides is 1. The van der Waals surface area contributed by atoms with Gasteiger partial charge in [-0.1, -0.05) is 24.3 Å². The fourth-order valence-corrected chi connectivity index (χ4v) is 2.62. The minimum atomic E-state index is -0.587. The highest BCUT2D eigenvalue weighted by Gasteiger charge is 2.29. The van der Waals surface area contributed by atoms with Gasteiger partial charge < -0.3 is 5.32 Å². The summed E-state index contributed by atoms with van der Waals surface area (Å²) >= 11 is 0. The third-order valence-electron chi connectivity index (χ3n) is 3.56. The Hall–Kier alpha value is -0.930.